The zero-order valence-corrected chi connectivity index (χ0v) is 29.0. The molecule has 3 amide bonds. The number of methoxy groups -OCH3 is 2. The molecule has 2 N–H and O–H groups in total. The molecule has 5 atom stereocenters. The van der Waals surface area contributed by atoms with E-state index in [1.165, 1.54) is 25.2 Å². The lowest BCUT2D eigenvalue weighted by molar-refractivity contribution is -0.148. The minimum Gasteiger partial charge on any atom is -0.488 e. The van der Waals surface area contributed by atoms with Crippen molar-refractivity contribution in [1.82, 2.24) is 20.5 Å². The highest BCUT2D eigenvalue weighted by molar-refractivity contribution is 5.97. The highest BCUT2D eigenvalue weighted by Crippen LogP contribution is 2.46. The number of pyridine rings is 1. The zero-order valence-electron chi connectivity index (χ0n) is 29.0. The number of para-hydroxylation sites is 1. The smallest absolute Gasteiger partial charge is 0.408 e. The summed E-state index contributed by atoms with van der Waals surface area (Å²) in [4.78, 5) is 73.2. The van der Waals surface area contributed by atoms with Crippen LogP contribution in [0.25, 0.3) is 10.9 Å². The molecule has 270 valence electrons. The van der Waals surface area contributed by atoms with Crippen molar-refractivity contribution in [3.8, 4) is 18.1 Å². The van der Waals surface area contributed by atoms with Crippen molar-refractivity contribution in [3.63, 3.8) is 0 Å². The first-order chi connectivity index (χ1) is 24.7. The molecule has 2 aliphatic heterocycles. The standard InChI is InChI=1S/C38H44N4O9/c1-4-23-13-12-17-27-31(20-29(35(45)48-2)39-32(23)27)50-26-19-30-33(43)41-38(36(46)49-3)21-24(38)14-8-6-5-7-9-18-28(34(44)42(30)22-26)40-37(47)51-25-15-10-11-16-25/h1,8,12-14,17,20,24-26,28,30H,5-7,9-11,15-16,18-19,21-22H2,2-3H3,(H,40,47)(H,41,43)/b14-8-/t24?,26-,28+,30+,38-/m1/s1. The fourth-order valence-corrected chi connectivity index (χ4v) is 7.47. The van der Waals surface area contributed by atoms with Gasteiger partial charge in [0.2, 0.25) is 11.8 Å². The Balaban J connectivity index is 1.33. The van der Waals surface area contributed by atoms with Crippen LogP contribution in [-0.2, 0) is 28.6 Å². The molecular formula is C38H44N4O9. The number of alkyl carbamates (subject to hydrolysis) is 1. The number of allylic oxidation sites excluding steroid dienone is 1. The Morgan fingerprint density at radius 2 is 1.82 bits per heavy atom. The molecule has 2 aromatic rings. The van der Waals surface area contributed by atoms with E-state index in [0.717, 1.165) is 44.9 Å². The number of rotatable bonds is 6. The zero-order chi connectivity index (χ0) is 36.1. The molecule has 0 radical (unpaired) electrons. The van der Waals surface area contributed by atoms with Crippen LogP contribution in [0.5, 0.6) is 5.75 Å². The SMILES string of the molecule is C#Cc1cccc2c(O[C@@H]3C[C@H]4C(=O)N[C@]5(C(=O)OC)CC5/C=C\CCCCC[C@H](NC(=O)OC5CCCC5)C(=O)N4C3)cc(C(=O)OC)nc12. The first-order valence-corrected chi connectivity index (χ1v) is 17.7. The highest BCUT2D eigenvalue weighted by Gasteiger charge is 2.62. The number of ether oxygens (including phenoxy) is 4. The van der Waals surface area contributed by atoms with Gasteiger partial charge in [0.25, 0.3) is 0 Å². The van der Waals surface area contributed by atoms with E-state index in [2.05, 4.69) is 21.5 Å². The molecule has 1 aromatic carbocycles. The molecule has 51 heavy (non-hydrogen) atoms. The summed E-state index contributed by atoms with van der Waals surface area (Å²) in [6.07, 6.45) is 15.5. The predicted octanol–water partition coefficient (Wildman–Crippen LogP) is 3.96. The number of amides is 3. The van der Waals surface area contributed by atoms with Crippen molar-refractivity contribution in [3.05, 3.63) is 47.7 Å². The van der Waals surface area contributed by atoms with Gasteiger partial charge in [-0.25, -0.2) is 19.4 Å². The number of fused-ring (bicyclic) bond motifs is 3. The van der Waals surface area contributed by atoms with Crippen molar-refractivity contribution in [2.45, 2.75) is 100 Å². The Morgan fingerprint density at radius 3 is 2.57 bits per heavy atom. The monoisotopic (exact) mass is 700 g/mol. The molecule has 3 heterocycles. The van der Waals surface area contributed by atoms with Crippen molar-refractivity contribution in [2.75, 3.05) is 20.8 Å². The lowest BCUT2D eigenvalue weighted by Gasteiger charge is -2.29. The van der Waals surface area contributed by atoms with E-state index >= 15 is 0 Å². The number of terminal acetylenes is 1. The highest BCUT2D eigenvalue weighted by atomic mass is 16.6. The van der Waals surface area contributed by atoms with Crippen LogP contribution in [0.2, 0.25) is 0 Å². The van der Waals surface area contributed by atoms with Gasteiger partial charge in [-0.05, 0) is 63.5 Å². The third kappa shape index (κ3) is 7.65. The number of benzene rings is 1. The second-order valence-corrected chi connectivity index (χ2v) is 13.7. The van der Waals surface area contributed by atoms with Crippen LogP contribution in [0.4, 0.5) is 4.79 Å². The molecule has 13 heteroatoms. The molecular weight excluding hydrogens is 656 g/mol. The molecule has 0 bridgehead atoms. The Labute approximate surface area is 296 Å². The first-order valence-electron chi connectivity index (χ1n) is 17.7. The molecule has 3 fully saturated rings. The summed E-state index contributed by atoms with van der Waals surface area (Å²) in [5.41, 5.74) is -0.475. The Bertz CT molecular complexity index is 1760. The maximum absolute atomic E-state index is 14.4. The van der Waals surface area contributed by atoms with Crippen molar-refractivity contribution >= 4 is 40.7 Å². The van der Waals surface area contributed by atoms with Gasteiger partial charge in [-0.1, -0.05) is 37.0 Å². The number of carbonyl (C=O) groups is 5. The molecule has 6 rings (SSSR count). The Kier molecular flexibility index (Phi) is 10.8. The van der Waals surface area contributed by atoms with Gasteiger partial charge in [-0.2, -0.15) is 0 Å². The largest absolute Gasteiger partial charge is 0.488 e. The van der Waals surface area contributed by atoms with E-state index in [4.69, 9.17) is 25.4 Å². The summed E-state index contributed by atoms with van der Waals surface area (Å²) < 4.78 is 22.2. The number of hydrogen-bond acceptors (Lipinski definition) is 10. The van der Waals surface area contributed by atoms with Crippen LogP contribution in [0.15, 0.2) is 36.4 Å². The van der Waals surface area contributed by atoms with E-state index < -0.39 is 53.6 Å². The topological polar surface area (TPSA) is 162 Å². The quantitative estimate of drug-likeness (QED) is 0.195. The van der Waals surface area contributed by atoms with Crippen LogP contribution >= 0.6 is 0 Å². The minimum absolute atomic E-state index is 0.0203. The predicted molar refractivity (Wildman–Crippen MR) is 184 cm³/mol. The van der Waals surface area contributed by atoms with E-state index in [9.17, 15) is 24.0 Å². The molecule has 1 aromatic heterocycles. The molecule has 0 spiro atoms. The lowest BCUT2D eigenvalue weighted by Crippen LogP contribution is -2.56. The van der Waals surface area contributed by atoms with Gasteiger partial charge in [-0.3, -0.25) is 9.59 Å². The van der Waals surface area contributed by atoms with Gasteiger partial charge in [-0.15, -0.1) is 6.42 Å². The van der Waals surface area contributed by atoms with Gasteiger partial charge in [0, 0.05) is 23.8 Å². The second-order valence-electron chi connectivity index (χ2n) is 13.7. The van der Waals surface area contributed by atoms with E-state index in [1.54, 1.807) is 18.2 Å². The second kappa shape index (κ2) is 15.4. The average Bonchev–Trinajstić information content (AvgIpc) is 3.41. The number of esters is 2. The van der Waals surface area contributed by atoms with Crippen LogP contribution in [0, 0.1) is 18.3 Å². The molecule has 1 saturated heterocycles. The number of nitrogens with one attached hydrogen (secondary N) is 2. The Morgan fingerprint density at radius 1 is 1.04 bits per heavy atom. The summed E-state index contributed by atoms with van der Waals surface area (Å²) in [6, 6.07) is 4.63. The van der Waals surface area contributed by atoms with Crippen molar-refractivity contribution < 1.29 is 42.9 Å². The third-order valence-electron chi connectivity index (χ3n) is 10.3. The number of carbonyl (C=O) groups excluding carboxylic acids is 5. The summed E-state index contributed by atoms with van der Waals surface area (Å²) in [5.74, 6) is 0.354. The van der Waals surface area contributed by atoms with E-state index in [0.29, 0.717) is 35.7 Å². The van der Waals surface area contributed by atoms with E-state index in [1.807, 2.05) is 12.2 Å². The molecule has 1 unspecified atom stereocenters. The first kappa shape index (κ1) is 35.7. The normalized spacial score (nSPS) is 27.4. The maximum atomic E-state index is 14.4. The maximum Gasteiger partial charge on any atom is 0.408 e. The van der Waals surface area contributed by atoms with Gasteiger partial charge >= 0.3 is 18.0 Å². The number of aromatic nitrogens is 1. The molecule has 4 aliphatic rings. The average molecular weight is 701 g/mol. The van der Waals surface area contributed by atoms with Crippen LogP contribution < -0.4 is 15.4 Å². The van der Waals surface area contributed by atoms with Gasteiger partial charge in [0.1, 0.15) is 35.6 Å². The van der Waals surface area contributed by atoms with Crippen molar-refractivity contribution in [2.24, 2.45) is 5.92 Å². The fraction of sp³-hybridized carbons (Fsp3) is 0.526. The Hall–Kier alpha value is -5.12. The van der Waals surface area contributed by atoms with Crippen LogP contribution in [0.1, 0.15) is 86.7 Å². The van der Waals surface area contributed by atoms with Gasteiger partial charge in [0.05, 0.1) is 31.8 Å². The van der Waals surface area contributed by atoms with Crippen LogP contribution in [0.3, 0.4) is 0 Å². The molecule has 13 nitrogen and oxygen atoms in total. The third-order valence-corrected chi connectivity index (χ3v) is 10.3. The molecule has 2 saturated carbocycles. The number of hydrogen-bond donors (Lipinski definition) is 2. The van der Waals surface area contributed by atoms with Crippen molar-refractivity contribution in [1.29, 1.82) is 0 Å². The lowest BCUT2D eigenvalue weighted by atomic mass is 10.0. The summed E-state index contributed by atoms with van der Waals surface area (Å²) in [6.45, 7) is -0.0203. The van der Waals surface area contributed by atoms with Gasteiger partial charge < -0.3 is 34.5 Å². The fourth-order valence-electron chi connectivity index (χ4n) is 7.47. The summed E-state index contributed by atoms with van der Waals surface area (Å²) in [7, 11) is 2.52. The van der Waals surface area contributed by atoms with Gasteiger partial charge in [0.15, 0.2) is 5.69 Å². The minimum atomic E-state index is -1.25. The summed E-state index contributed by atoms with van der Waals surface area (Å²) in [5, 5.41) is 6.26. The van der Waals surface area contributed by atoms with E-state index in [-0.39, 0.29) is 36.4 Å². The summed E-state index contributed by atoms with van der Waals surface area (Å²) >= 11 is 0. The van der Waals surface area contributed by atoms with Crippen LogP contribution in [-0.4, -0.2) is 90.3 Å². The molecule has 2 aliphatic carbocycles. The number of nitrogens with zero attached hydrogens (tertiary/aromatic N) is 2.